The number of ether oxygens (including phenoxy) is 1. The van der Waals surface area contributed by atoms with Gasteiger partial charge in [0.25, 0.3) is 5.91 Å². The molecule has 5 heteroatoms. The van der Waals surface area contributed by atoms with Crippen LogP contribution in [0, 0.1) is 0 Å². The first-order valence-corrected chi connectivity index (χ1v) is 10.8. The maximum atomic E-state index is 13.9. The summed E-state index contributed by atoms with van der Waals surface area (Å²) in [6.07, 6.45) is 2.06. The number of hydrogen-bond donors (Lipinski definition) is 1. The number of ketones is 1. The molecular formula is C27H24N2O3. The Hall–Kier alpha value is -3.86. The van der Waals surface area contributed by atoms with Crippen LogP contribution in [0.5, 0.6) is 5.75 Å². The molecule has 0 spiro atoms. The van der Waals surface area contributed by atoms with Gasteiger partial charge in [0.2, 0.25) is 0 Å². The van der Waals surface area contributed by atoms with E-state index in [1.54, 1.807) is 12.0 Å². The first kappa shape index (κ1) is 20.1. The number of benzene rings is 3. The van der Waals surface area contributed by atoms with Gasteiger partial charge in [-0.25, -0.2) is 0 Å². The number of carbonyl (C=O) groups is 2. The molecule has 5 rings (SSSR count). The second-order valence-corrected chi connectivity index (χ2v) is 8.03. The molecule has 32 heavy (non-hydrogen) atoms. The molecule has 5 nitrogen and oxygen atoms in total. The van der Waals surface area contributed by atoms with E-state index >= 15 is 0 Å². The van der Waals surface area contributed by atoms with Crippen LogP contribution in [-0.2, 0) is 4.79 Å². The highest BCUT2D eigenvalue weighted by Crippen LogP contribution is 2.45. The van der Waals surface area contributed by atoms with Crippen molar-refractivity contribution in [3.05, 3.63) is 101 Å². The topological polar surface area (TPSA) is 58.6 Å². The van der Waals surface area contributed by atoms with Crippen molar-refractivity contribution in [1.82, 2.24) is 0 Å². The van der Waals surface area contributed by atoms with Crippen LogP contribution in [-0.4, -0.2) is 18.8 Å². The van der Waals surface area contributed by atoms with Crippen LogP contribution in [0.15, 0.2) is 90.1 Å². The number of nitrogens with one attached hydrogen (secondary N) is 1. The molecule has 1 aliphatic carbocycles. The Morgan fingerprint density at radius 2 is 1.66 bits per heavy atom. The van der Waals surface area contributed by atoms with Crippen LogP contribution in [0.2, 0.25) is 0 Å². The van der Waals surface area contributed by atoms with Crippen LogP contribution in [0.3, 0.4) is 0 Å². The number of hydrogen-bond acceptors (Lipinski definition) is 4. The second-order valence-electron chi connectivity index (χ2n) is 8.03. The third-order valence-electron chi connectivity index (χ3n) is 6.11. The van der Waals surface area contributed by atoms with Crippen molar-refractivity contribution < 1.29 is 14.3 Å². The number of nitrogens with zero attached hydrogens (tertiary/aromatic N) is 1. The van der Waals surface area contributed by atoms with E-state index in [0.29, 0.717) is 17.6 Å². The number of amides is 1. The van der Waals surface area contributed by atoms with Gasteiger partial charge in [-0.15, -0.1) is 0 Å². The summed E-state index contributed by atoms with van der Waals surface area (Å²) in [5, 5.41) is 3.49. The third kappa shape index (κ3) is 3.46. The van der Waals surface area contributed by atoms with Crippen molar-refractivity contribution in [3.8, 4) is 5.75 Å². The number of para-hydroxylation sites is 2. The molecule has 3 aromatic carbocycles. The summed E-state index contributed by atoms with van der Waals surface area (Å²) in [6, 6.07) is 24.1. The van der Waals surface area contributed by atoms with E-state index in [1.165, 1.54) is 0 Å². The van der Waals surface area contributed by atoms with Gasteiger partial charge >= 0.3 is 0 Å². The van der Waals surface area contributed by atoms with Crippen LogP contribution >= 0.6 is 0 Å². The Labute approximate surface area is 187 Å². The first-order valence-electron chi connectivity index (χ1n) is 10.8. The molecule has 160 valence electrons. The molecule has 1 heterocycles. The van der Waals surface area contributed by atoms with Gasteiger partial charge in [0.05, 0.1) is 24.5 Å². The maximum absolute atomic E-state index is 13.9. The SMILES string of the molecule is COc1ccc([C@H]2C3=C(CCCC3=O)Nc3ccccc3N2C(=O)c2ccccc2)cc1. The monoisotopic (exact) mass is 424 g/mol. The van der Waals surface area contributed by atoms with Gasteiger partial charge in [0.15, 0.2) is 5.78 Å². The summed E-state index contributed by atoms with van der Waals surface area (Å²) in [6.45, 7) is 0. The minimum atomic E-state index is -0.535. The lowest BCUT2D eigenvalue weighted by Gasteiger charge is -2.34. The average molecular weight is 425 g/mol. The Kier molecular flexibility index (Phi) is 5.23. The average Bonchev–Trinajstić information content (AvgIpc) is 2.99. The number of anilines is 2. The predicted octanol–water partition coefficient (Wildman–Crippen LogP) is 5.52. The van der Waals surface area contributed by atoms with Gasteiger partial charge < -0.3 is 10.1 Å². The highest BCUT2D eigenvalue weighted by Gasteiger charge is 2.39. The largest absolute Gasteiger partial charge is 0.497 e. The molecule has 0 radical (unpaired) electrons. The third-order valence-corrected chi connectivity index (χ3v) is 6.11. The molecule has 0 saturated heterocycles. The lowest BCUT2D eigenvalue weighted by molar-refractivity contribution is -0.116. The van der Waals surface area contributed by atoms with E-state index < -0.39 is 6.04 Å². The standard InChI is InChI=1S/C27H24N2O3/c1-32-20-16-14-18(15-17-20)26-25-22(11-7-13-24(25)30)28-21-10-5-6-12-23(21)29(26)27(31)19-8-3-2-4-9-19/h2-6,8-10,12,14-17,26,28H,7,11,13H2,1H3/t26-/m0/s1. The summed E-state index contributed by atoms with van der Waals surface area (Å²) in [4.78, 5) is 29.0. The summed E-state index contributed by atoms with van der Waals surface area (Å²) in [7, 11) is 1.62. The number of Topliss-reactive ketones (excluding diaryl/α,β-unsaturated/α-hetero) is 1. The molecule has 1 amide bonds. The fourth-order valence-corrected chi connectivity index (χ4v) is 4.58. The summed E-state index contributed by atoms with van der Waals surface area (Å²) in [5.41, 5.74) is 4.60. The van der Waals surface area contributed by atoms with E-state index in [4.69, 9.17) is 4.74 Å². The maximum Gasteiger partial charge on any atom is 0.259 e. The van der Waals surface area contributed by atoms with Crippen molar-refractivity contribution in [2.75, 3.05) is 17.3 Å². The molecule has 0 fully saturated rings. The van der Waals surface area contributed by atoms with Crippen LogP contribution in [0.1, 0.15) is 41.2 Å². The molecule has 3 aromatic rings. The molecule has 1 atom stereocenters. The van der Waals surface area contributed by atoms with Crippen LogP contribution < -0.4 is 15.0 Å². The van der Waals surface area contributed by atoms with Gasteiger partial charge in [0.1, 0.15) is 5.75 Å². The fourth-order valence-electron chi connectivity index (χ4n) is 4.58. The lowest BCUT2D eigenvalue weighted by Crippen LogP contribution is -2.38. The Bertz CT molecular complexity index is 1200. The zero-order valence-corrected chi connectivity index (χ0v) is 17.9. The summed E-state index contributed by atoms with van der Waals surface area (Å²) < 4.78 is 5.34. The number of allylic oxidation sites excluding steroid dienone is 1. The summed E-state index contributed by atoms with van der Waals surface area (Å²) >= 11 is 0. The Balaban J connectivity index is 1.76. The molecule has 0 bridgehead atoms. The van der Waals surface area contributed by atoms with E-state index in [9.17, 15) is 9.59 Å². The molecule has 0 unspecified atom stereocenters. The number of rotatable bonds is 3. The quantitative estimate of drug-likeness (QED) is 0.602. The van der Waals surface area contributed by atoms with Crippen molar-refractivity contribution in [1.29, 1.82) is 0 Å². The van der Waals surface area contributed by atoms with Crippen molar-refractivity contribution in [3.63, 3.8) is 0 Å². The van der Waals surface area contributed by atoms with Crippen molar-refractivity contribution in [2.45, 2.75) is 25.3 Å². The highest BCUT2D eigenvalue weighted by molar-refractivity contribution is 6.11. The minimum absolute atomic E-state index is 0.0817. The normalized spacial score (nSPS) is 17.7. The lowest BCUT2D eigenvalue weighted by atomic mass is 9.85. The Morgan fingerprint density at radius 3 is 2.41 bits per heavy atom. The molecular weight excluding hydrogens is 400 g/mol. The molecule has 1 N–H and O–H groups in total. The van der Waals surface area contributed by atoms with Crippen LogP contribution in [0.25, 0.3) is 0 Å². The van der Waals surface area contributed by atoms with Gasteiger partial charge in [-0.05, 0) is 54.8 Å². The second kappa shape index (κ2) is 8.35. The van der Waals surface area contributed by atoms with Crippen molar-refractivity contribution in [2.24, 2.45) is 0 Å². The van der Waals surface area contributed by atoms with Crippen molar-refractivity contribution >= 4 is 23.1 Å². The van der Waals surface area contributed by atoms with E-state index in [1.807, 2.05) is 78.9 Å². The van der Waals surface area contributed by atoms with Gasteiger partial charge in [-0.3, -0.25) is 14.5 Å². The van der Waals surface area contributed by atoms with Gasteiger partial charge in [-0.1, -0.05) is 42.5 Å². The fraction of sp³-hybridized carbons (Fsp3) is 0.185. The number of carbonyl (C=O) groups excluding carboxylic acids is 2. The number of fused-ring (bicyclic) bond motifs is 1. The molecule has 2 aliphatic rings. The zero-order chi connectivity index (χ0) is 22.1. The smallest absolute Gasteiger partial charge is 0.259 e. The van der Waals surface area contributed by atoms with Gasteiger partial charge in [-0.2, -0.15) is 0 Å². The Morgan fingerprint density at radius 1 is 0.938 bits per heavy atom. The van der Waals surface area contributed by atoms with Crippen LogP contribution in [0.4, 0.5) is 11.4 Å². The van der Waals surface area contributed by atoms with E-state index in [0.717, 1.165) is 41.2 Å². The van der Waals surface area contributed by atoms with Gasteiger partial charge in [0, 0.05) is 23.3 Å². The zero-order valence-electron chi connectivity index (χ0n) is 17.9. The molecule has 0 aromatic heterocycles. The van der Waals surface area contributed by atoms with E-state index in [-0.39, 0.29) is 11.7 Å². The molecule has 1 aliphatic heterocycles. The van der Waals surface area contributed by atoms with E-state index in [2.05, 4.69) is 5.32 Å². The minimum Gasteiger partial charge on any atom is -0.497 e. The molecule has 0 saturated carbocycles. The highest BCUT2D eigenvalue weighted by atomic mass is 16.5. The summed E-state index contributed by atoms with van der Waals surface area (Å²) in [5.74, 6) is 0.664. The predicted molar refractivity (Wildman–Crippen MR) is 125 cm³/mol. The number of methoxy groups -OCH3 is 1. The first-order chi connectivity index (χ1) is 15.7.